The first-order valence-corrected chi connectivity index (χ1v) is 4.14. The van der Waals surface area contributed by atoms with Crippen molar-refractivity contribution >= 4 is 5.96 Å². The van der Waals surface area contributed by atoms with E-state index < -0.39 is 0 Å². The van der Waals surface area contributed by atoms with Crippen molar-refractivity contribution in [3.8, 4) is 0 Å². The third kappa shape index (κ3) is 3.06. The van der Waals surface area contributed by atoms with Gasteiger partial charge in [-0.3, -0.25) is 10.2 Å². The SMILES string of the molecule is CN(CCN=C(N)NO)C1CC1. The van der Waals surface area contributed by atoms with Gasteiger partial charge in [0, 0.05) is 12.6 Å². The third-order valence-electron chi connectivity index (χ3n) is 2.02. The van der Waals surface area contributed by atoms with Gasteiger partial charge in [0.05, 0.1) is 6.54 Å². The summed E-state index contributed by atoms with van der Waals surface area (Å²) < 4.78 is 0. The van der Waals surface area contributed by atoms with Gasteiger partial charge < -0.3 is 10.6 Å². The molecule has 0 aliphatic heterocycles. The van der Waals surface area contributed by atoms with Crippen LogP contribution >= 0.6 is 0 Å². The van der Waals surface area contributed by atoms with Crippen molar-refractivity contribution in [3.63, 3.8) is 0 Å². The molecule has 0 aromatic rings. The van der Waals surface area contributed by atoms with Gasteiger partial charge in [0.1, 0.15) is 0 Å². The minimum atomic E-state index is 0.0826. The summed E-state index contributed by atoms with van der Waals surface area (Å²) in [6.45, 7) is 1.53. The van der Waals surface area contributed by atoms with E-state index in [4.69, 9.17) is 10.9 Å². The van der Waals surface area contributed by atoms with E-state index in [-0.39, 0.29) is 5.96 Å². The molecule has 5 nitrogen and oxygen atoms in total. The molecule has 4 N–H and O–H groups in total. The van der Waals surface area contributed by atoms with Crippen LogP contribution in [0.1, 0.15) is 12.8 Å². The topological polar surface area (TPSA) is 73.9 Å². The van der Waals surface area contributed by atoms with Gasteiger partial charge in [0.25, 0.3) is 0 Å². The largest absolute Gasteiger partial charge is 0.368 e. The van der Waals surface area contributed by atoms with Crippen molar-refractivity contribution in [3.05, 3.63) is 0 Å². The highest BCUT2D eigenvalue weighted by Crippen LogP contribution is 2.24. The highest BCUT2D eigenvalue weighted by Gasteiger charge is 2.25. The maximum absolute atomic E-state index is 8.30. The molecule has 0 spiro atoms. The molecule has 0 heterocycles. The van der Waals surface area contributed by atoms with Crippen molar-refractivity contribution in [1.82, 2.24) is 10.4 Å². The zero-order valence-electron chi connectivity index (χ0n) is 7.32. The number of likely N-dealkylation sites (N-methyl/N-ethyl adjacent to an activating group) is 1. The molecule has 0 aromatic carbocycles. The molecule has 0 radical (unpaired) electrons. The summed E-state index contributed by atoms with van der Waals surface area (Å²) >= 11 is 0. The molecule has 0 bridgehead atoms. The molecule has 1 aliphatic carbocycles. The first-order valence-electron chi connectivity index (χ1n) is 4.14. The summed E-state index contributed by atoms with van der Waals surface area (Å²) in [4.78, 5) is 6.14. The van der Waals surface area contributed by atoms with Crippen molar-refractivity contribution in [2.75, 3.05) is 20.1 Å². The Labute approximate surface area is 72.2 Å². The van der Waals surface area contributed by atoms with Gasteiger partial charge in [-0.1, -0.05) is 0 Å². The predicted molar refractivity (Wildman–Crippen MR) is 47.1 cm³/mol. The summed E-state index contributed by atoms with van der Waals surface area (Å²) in [5, 5.41) is 8.30. The van der Waals surface area contributed by atoms with Gasteiger partial charge in [-0.15, -0.1) is 0 Å². The van der Waals surface area contributed by atoms with E-state index in [0.29, 0.717) is 6.54 Å². The van der Waals surface area contributed by atoms with Gasteiger partial charge in [0.2, 0.25) is 5.96 Å². The fourth-order valence-corrected chi connectivity index (χ4v) is 1.06. The summed E-state index contributed by atoms with van der Waals surface area (Å²) in [6, 6.07) is 0.753. The van der Waals surface area contributed by atoms with Gasteiger partial charge in [-0.2, -0.15) is 0 Å². The number of nitrogens with two attached hydrogens (primary N) is 1. The molecular weight excluding hydrogens is 156 g/mol. The first-order chi connectivity index (χ1) is 5.74. The van der Waals surface area contributed by atoms with Crippen molar-refractivity contribution in [1.29, 1.82) is 0 Å². The number of hydroxylamine groups is 1. The van der Waals surface area contributed by atoms with Crippen molar-refractivity contribution in [2.24, 2.45) is 10.7 Å². The molecule has 1 saturated carbocycles. The van der Waals surface area contributed by atoms with E-state index in [0.717, 1.165) is 12.6 Å². The standard InChI is InChI=1S/C7H16N4O/c1-11(6-2-3-6)5-4-9-7(8)10-12/h6,12H,2-5H2,1H3,(H3,8,9,10). The van der Waals surface area contributed by atoms with Crippen LogP contribution in [0.2, 0.25) is 0 Å². The second-order valence-electron chi connectivity index (χ2n) is 3.09. The van der Waals surface area contributed by atoms with Crippen LogP contribution in [0.15, 0.2) is 4.99 Å². The second kappa shape index (κ2) is 4.27. The van der Waals surface area contributed by atoms with Gasteiger partial charge in [-0.25, -0.2) is 5.48 Å². The molecule has 5 heteroatoms. The number of nitrogens with one attached hydrogen (secondary N) is 1. The van der Waals surface area contributed by atoms with Crippen LogP contribution < -0.4 is 11.2 Å². The maximum Gasteiger partial charge on any atom is 0.212 e. The molecule has 1 fully saturated rings. The van der Waals surface area contributed by atoms with E-state index in [1.165, 1.54) is 12.8 Å². The average Bonchev–Trinajstić information content (AvgIpc) is 2.86. The molecule has 70 valence electrons. The van der Waals surface area contributed by atoms with Crippen molar-refractivity contribution in [2.45, 2.75) is 18.9 Å². The van der Waals surface area contributed by atoms with E-state index in [1.807, 2.05) is 0 Å². The smallest absolute Gasteiger partial charge is 0.212 e. The van der Waals surface area contributed by atoms with Crippen LogP contribution in [0.3, 0.4) is 0 Å². The van der Waals surface area contributed by atoms with Crippen molar-refractivity contribution < 1.29 is 5.21 Å². The Hall–Kier alpha value is -0.810. The van der Waals surface area contributed by atoms with E-state index in [9.17, 15) is 0 Å². The molecule has 0 unspecified atom stereocenters. The summed E-state index contributed by atoms with van der Waals surface area (Å²) in [7, 11) is 2.08. The number of aliphatic imine (C=N–C) groups is 1. The number of hydrogen-bond donors (Lipinski definition) is 3. The van der Waals surface area contributed by atoms with E-state index in [1.54, 1.807) is 5.48 Å². The highest BCUT2D eigenvalue weighted by molar-refractivity contribution is 5.76. The monoisotopic (exact) mass is 172 g/mol. The van der Waals surface area contributed by atoms with Crippen LogP contribution in [0.25, 0.3) is 0 Å². The molecular formula is C7H16N4O. The Kier molecular flexibility index (Phi) is 3.31. The predicted octanol–water partition coefficient (Wildman–Crippen LogP) is -0.626. The van der Waals surface area contributed by atoms with Gasteiger partial charge in [0.15, 0.2) is 0 Å². The molecule has 0 aromatic heterocycles. The molecule has 12 heavy (non-hydrogen) atoms. The Bertz CT molecular complexity index is 167. The van der Waals surface area contributed by atoms with E-state index >= 15 is 0 Å². The molecule has 1 aliphatic rings. The summed E-state index contributed by atoms with van der Waals surface area (Å²) in [5.41, 5.74) is 7.01. The van der Waals surface area contributed by atoms with Crippen LogP contribution in [-0.2, 0) is 0 Å². The highest BCUT2D eigenvalue weighted by atomic mass is 16.5. The number of hydrogen-bond acceptors (Lipinski definition) is 3. The van der Waals surface area contributed by atoms with Gasteiger partial charge >= 0.3 is 0 Å². The lowest BCUT2D eigenvalue weighted by molar-refractivity contribution is 0.232. The quantitative estimate of drug-likeness (QED) is 0.300. The average molecular weight is 172 g/mol. The fraction of sp³-hybridized carbons (Fsp3) is 0.857. The van der Waals surface area contributed by atoms with Crippen LogP contribution in [0.5, 0.6) is 0 Å². The first kappa shape index (κ1) is 9.28. The number of nitrogens with zero attached hydrogens (tertiary/aromatic N) is 2. The molecule has 0 atom stereocenters. The maximum atomic E-state index is 8.30. The second-order valence-corrected chi connectivity index (χ2v) is 3.09. The number of rotatable bonds is 4. The lowest BCUT2D eigenvalue weighted by Gasteiger charge is -2.13. The van der Waals surface area contributed by atoms with E-state index in [2.05, 4.69) is 16.9 Å². The van der Waals surface area contributed by atoms with Crippen LogP contribution in [-0.4, -0.2) is 42.2 Å². The minimum Gasteiger partial charge on any atom is -0.368 e. The zero-order chi connectivity index (χ0) is 8.97. The zero-order valence-corrected chi connectivity index (χ0v) is 7.32. The normalized spacial score (nSPS) is 18.4. The Morgan fingerprint density at radius 2 is 2.42 bits per heavy atom. The molecule has 0 amide bonds. The molecule has 0 saturated heterocycles. The van der Waals surface area contributed by atoms with Crippen LogP contribution in [0.4, 0.5) is 0 Å². The lowest BCUT2D eigenvalue weighted by Crippen LogP contribution is -2.30. The number of guanidine groups is 1. The van der Waals surface area contributed by atoms with Crippen LogP contribution in [0, 0.1) is 0 Å². The molecule has 1 rings (SSSR count). The lowest BCUT2D eigenvalue weighted by atomic mass is 10.5. The Morgan fingerprint density at radius 3 is 2.92 bits per heavy atom. The third-order valence-corrected chi connectivity index (χ3v) is 2.02. The Morgan fingerprint density at radius 1 is 1.75 bits per heavy atom. The van der Waals surface area contributed by atoms with Gasteiger partial charge in [-0.05, 0) is 19.9 Å². The summed E-state index contributed by atoms with van der Waals surface area (Å²) in [6.07, 6.45) is 2.60. The minimum absolute atomic E-state index is 0.0826. The Balaban J connectivity index is 2.07. The summed E-state index contributed by atoms with van der Waals surface area (Å²) in [5.74, 6) is 0.0826. The fourth-order valence-electron chi connectivity index (χ4n) is 1.06.